The minimum atomic E-state index is -4.68. The van der Waals surface area contributed by atoms with Crippen molar-refractivity contribution in [1.29, 1.82) is 0 Å². The zero-order valence-corrected chi connectivity index (χ0v) is 15.2. The number of fused-ring (bicyclic) bond motifs is 3. The summed E-state index contributed by atoms with van der Waals surface area (Å²) < 4.78 is 75.4. The van der Waals surface area contributed by atoms with Crippen LogP contribution in [0, 0.1) is 5.21 Å². The number of nitrogens with zero attached hydrogens (tertiary/aromatic N) is 1. The molecule has 0 saturated carbocycles. The minimum Gasteiger partial charge on any atom is -0.619 e. The highest BCUT2D eigenvalue weighted by molar-refractivity contribution is 6.20. The van der Waals surface area contributed by atoms with Gasteiger partial charge in [-0.1, -0.05) is 0 Å². The number of benzene rings is 2. The molecule has 1 N–H and O–H groups in total. The molecular weight excluding hydrogens is 427 g/mol. The number of pyridine rings is 1. The smallest absolute Gasteiger partial charge is 0.416 e. The highest BCUT2D eigenvalue weighted by Gasteiger charge is 2.32. The van der Waals surface area contributed by atoms with Crippen LogP contribution >= 0.6 is 0 Å². The second kappa shape index (κ2) is 7.42. The highest BCUT2D eigenvalue weighted by Crippen LogP contribution is 2.40. The van der Waals surface area contributed by atoms with E-state index in [0.29, 0.717) is 4.73 Å². The number of carbonyl (C=O) groups is 1. The van der Waals surface area contributed by atoms with Crippen LogP contribution in [0.3, 0.4) is 0 Å². The lowest BCUT2D eigenvalue weighted by Crippen LogP contribution is -2.25. The Morgan fingerprint density at radius 1 is 1.16 bits per heavy atom. The third-order valence-electron chi connectivity index (χ3n) is 4.40. The van der Waals surface area contributed by atoms with E-state index < -0.39 is 30.0 Å². The summed E-state index contributed by atoms with van der Waals surface area (Å²) >= 11 is 0. The van der Waals surface area contributed by atoms with Crippen molar-refractivity contribution in [3.8, 4) is 5.75 Å². The molecule has 160 valence electrons. The van der Waals surface area contributed by atoms with Crippen molar-refractivity contribution in [3.63, 3.8) is 0 Å². The first kappa shape index (κ1) is 20.4. The lowest BCUT2D eigenvalue weighted by molar-refractivity contribution is -0.604. The minimum absolute atomic E-state index is 0.0560. The van der Waals surface area contributed by atoms with E-state index in [-0.39, 0.29) is 33.2 Å². The van der Waals surface area contributed by atoms with Crippen LogP contribution in [0.5, 0.6) is 5.75 Å². The molecule has 0 fully saturated rings. The van der Waals surface area contributed by atoms with E-state index in [9.17, 15) is 32.0 Å². The van der Waals surface area contributed by atoms with E-state index in [1.165, 1.54) is 18.3 Å². The largest absolute Gasteiger partial charge is 0.619 e. The maximum atomic E-state index is 13.2. The van der Waals surface area contributed by atoms with Crippen molar-refractivity contribution in [1.82, 2.24) is 0 Å². The van der Waals surface area contributed by atoms with Crippen molar-refractivity contribution in [3.05, 3.63) is 71.2 Å². The van der Waals surface area contributed by atoms with E-state index in [0.717, 1.165) is 36.5 Å². The summed E-state index contributed by atoms with van der Waals surface area (Å²) in [4.78, 5) is 12.8. The Kier molecular flexibility index (Phi) is 4.88. The van der Waals surface area contributed by atoms with Crippen LogP contribution in [-0.2, 0) is 6.18 Å². The molecule has 0 aliphatic carbocycles. The van der Waals surface area contributed by atoms with Crippen LogP contribution < -0.4 is 14.8 Å². The number of hydrogen-bond acceptors (Lipinski definition) is 4. The number of hydrogen-bond donors (Lipinski definition) is 1. The van der Waals surface area contributed by atoms with E-state index in [1.54, 1.807) is 0 Å². The van der Waals surface area contributed by atoms with Crippen LogP contribution in [0.1, 0.15) is 15.9 Å². The van der Waals surface area contributed by atoms with Crippen LogP contribution in [0.15, 0.2) is 59.3 Å². The number of halogens is 5. The lowest BCUT2D eigenvalue weighted by atomic mass is 10.0. The molecule has 2 heterocycles. The van der Waals surface area contributed by atoms with E-state index in [2.05, 4.69) is 10.1 Å². The molecule has 11 heteroatoms. The van der Waals surface area contributed by atoms with Crippen LogP contribution in [0.25, 0.3) is 21.9 Å². The molecule has 0 aliphatic rings. The summed E-state index contributed by atoms with van der Waals surface area (Å²) in [6, 6.07) is 7.54. The summed E-state index contributed by atoms with van der Waals surface area (Å²) in [5, 5.41) is 13.6. The van der Waals surface area contributed by atoms with Crippen LogP contribution in [0.4, 0.5) is 27.6 Å². The fourth-order valence-corrected chi connectivity index (χ4v) is 3.14. The second-order valence-corrected chi connectivity index (χ2v) is 6.41. The van der Waals surface area contributed by atoms with Gasteiger partial charge in [0.25, 0.3) is 5.91 Å². The molecule has 0 unspecified atom stereocenters. The summed E-state index contributed by atoms with van der Waals surface area (Å²) in [7, 11) is 0. The van der Waals surface area contributed by atoms with Crippen molar-refractivity contribution in [2.45, 2.75) is 12.8 Å². The highest BCUT2D eigenvalue weighted by atomic mass is 19.4. The zero-order chi connectivity index (χ0) is 22.3. The van der Waals surface area contributed by atoms with Crippen LogP contribution in [0.2, 0.25) is 0 Å². The molecule has 1 amide bonds. The SMILES string of the molecule is O=C(Nc1ccc[n+]([O-])c1)c1ccc(OC(F)F)c2oc3ccc(C(F)(F)F)cc3c12. The molecule has 0 saturated heterocycles. The number of nitrogens with one attached hydrogen (secondary N) is 1. The predicted molar refractivity (Wildman–Crippen MR) is 98.7 cm³/mol. The normalized spacial score (nSPS) is 11.9. The maximum Gasteiger partial charge on any atom is 0.416 e. The molecule has 0 spiro atoms. The molecule has 0 radical (unpaired) electrons. The summed E-state index contributed by atoms with van der Waals surface area (Å²) in [5.41, 5.74) is -1.42. The Labute approximate surface area is 170 Å². The quantitative estimate of drug-likeness (QED) is 0.274. The molecule has 4 aromatic rings. The van der Waals surface area contributed by atoms with Gasteiger partial charge >= 0.3 is 12.8 Å². The van der Waals surface area contributed by atoms with Crippen LogP contribution in [-0.4, -0.2) is 12.5 Å². The fraction of sp³-hybridized carbons (Fsp3) is 0.100. The molecule has 2 aromatic carbocycles. The van der Waals surface area contributed by atoms with Gasteiger partial charge in [-0.05, 0) is 36.4 Å². The van der Waals surface area contributed by atoms with Gasteiger partial charge < -0.3 is 19.7 Å². The Hall–Kier alpha value is -3.89. The van der Waals surface area contributed by atoms with Crippen molar-refractivity contribution in [2.75, 3.05) is 5.32 Å². The van der Waals surface area contributed by atoms with Gasteiger partial charge in [0.1, 0.15) is 11.3 Å². The average Bonchev–Trinajstić information content (AvgIpc) is 3.06. The van der Waals surface area contributed by atoms with Gasteiger partial charge in [0.15, 0.2) is 17.5 Å². The number of rotatable bonds is 4. The van der Waals surface area contributed by atoms with E-state index in [1.807, 2.05) is 0 Å². The summed E-state index contributed by atoms with van der Waals surface area (Å²) in [6.07, 6.45) is -2.42. The molecule has 31 heavy (non-hydrogen) atoms. The summed E-state index contributed by atoms with van der Waals surface area (Å²) in [5.74, 6) is -1.23. The number of alkyl halides is 5. The van der Waals surface area contributed by atoms with E-state index in [4.69, 9.17) is 4.42 Å². The number of anilines is 1. The van der Waals surface area contributed by atoms with Crippen molar-refractivity contribution < 1.29 is 40.6 Å². The molecule has 0 aliphatic heterocycles. The van der Waals surface area contributed by atoms with Gasteiger partial charge in [0.05, 0.1) is 11.1 Å². The first-order valence-corrected chi connectivity index (χ1v) is 8.65. The Morgan fingerprint density at radius 3 is 2.61 bits per heavy atom. The van der Waals surface area contributed by atoms with Gasteiger partial charge in [-0.2, -0.15) is 26.7 Å². The number of aromatic nitrogens is 1. The monoisotopic (exact) mass is 438 g/mol. The molecular formula is C20H11F5N2O4. The summed E-state index contributed by atoms with van der Waals surface area (Å²) in [6.45, 7) is -3.22. The molecule has 0 bridgehead atoms. The standard InChI is InChI=1S/C20H11F5N2O4/c21-19(22)31-15-6-4-12(18(28)26-11-2-1-7-27(29)9-11)16-13-8-10(20(23,24)25)3-5-14(13)30-17(15)16/h1-9,19H,(H,26,28). The third kappa shape index (κ3) is 3.93. The van der Waals surface area contributed by atoms with Gasteiger partial charge in [-0.15, -0.1) is 0 Å². The van der Waals surface area contributed by atoms with Gasteiger partial charge in [0, 0.05) is 16.8 Å². The number of ether oxygens (including phenoxy) is 1. The fourth-order valence-electron chi connectivity index (χ4n) is 3.14. The van der Waals surface area contributed by atoms with Crippen molar-refractivity contribution >= 4 is 33.5 Å². The lowest BCUT2D eigenvalue weighted by Gasteiger charge is -2.09. The third-order valence-corrected chi connectivity index (χ3v) is 4.40. The van der Waals surface area contributed by atoms with Gasteiger partial charge in [0.2, 0.25) is 6.20 Å². The number of carbonyl (C=O) groups excluding carboxylic acids is 1. The Balaban J connectivity index is 1.92. The zero-order valence-electron chi connectivity index (χ0n) is 15.2. The van der Waals surface area contributed by atoms with Crippen molar-refractivity contribution in [2.24, 2.45) is 0 Å². The maximum absolute atomic E-state index is 13.2. The topological polar surface area (TPSA) is 78.4 Å². The number of furan rings is 1. The van der Waals surface area contributed by atoms with Gasteiger partial charge in [-0.3, -0.25) is 4.79 Å². The second-order valence-electron chi connectivity index (χ2n) is 6.41. The Morgan fingerprint density at radius 2 is 1.94 bits per heavy atom. The Bertz CT molecular complexity index is 1300. The number of amides is 1. The van der Waals surface area contributed by atoms with E-state index >= 15 is 0 Å². The molecule has 0 atom stereocenters. The molecule has 6 nitrogen and oxygen atoms in total. The molecule has 4 rings (SSSR count). The first-order valence-electron chi connectivity index (χ1n) is 8.65. The molecule has 2 aromatic heterocycles. The van der Waals surface area contributed by atoms with Gasteiger partial charge in [-0.25, -0.2) is 0 Å². The first-order chi connectivity index (χ1) is 14.6. The average molecular weight is 438 g/mol. The predicted octanol–water partition coefficient (Wildman–Crippen LogP) is 5.09.